The lowest BCUT2D eigenvalue weighted by atomic mass is 10.2. The van der Waals surface area contributed by atoms with Gasteiger partial charge in [0.25, 0.3) is 5.69 Å². The van der Waals surface area contributed by atoms with Crippen molar-refractivity contribution in [1.82, 2.24) is 0 Å². The number of nitrogens with zero attached hydrogens (tertiary/aromatic N) is 1. The third-order valence-electron chi connectivity index (χ3n) is 2.98. The highest BCUT2D eigenvalue weighted by Crippen LogP contribution is 2.16. The van der Waals surface area contributed by atoms with Crippen molar-refractivity contribution < 1.29 is 19.2 Å². The van der Waals surface area contributed by atoms with E-state index in [0.717, 1.165) is 0 Å². The summed E-state index contributed by atoms with van der Waals surface area (Å²) in [6, 6.07) is 12.6. The third-order valence-corrected chi connectivity index (χ3v) is 2.98. The fraction of sp³-hybridized carbons (Fsp3) is 0.235. The van der Waals surface area contributed by atoms with Crippen LogP contribution in [0.5, 0.6) is 5.75 Å². The zero-order valence-corrected chi connectivity index (χ0v) is 12.9. The predicted molar refractivity (Wildman–Crippen MR) is 84.4 cm³/mol. The number of nitro groups is 1. The molecule has 0 N–H and O–H groups in total. The minimum atomic E-state index is -0.476. The molecule has 2 rings (SSSR count). The number of ether oxygens (including phenoxy) is 2. The number of carbonyl (C=O) groups excluding carboxylic acids is 1. The Morgan fingerprint density at radius 2 is 1.70 bits per heavy atom. The summed E-state index contributed by atoms with van der Waals surface area (Å²) in [5.41, 5.74) is 1.10. The summed E-state index contributed by atoms with van der Waals surface area (Å²) < 4.78 is 10.7. The molecule has 0 unspecified atom stereocenters. The second-order valence-corrected chi connectivity index (χ2v) is 5.19. The van der Waals surface area contributed by atoms with Gasteiger partial charge in [0, 0.05) is 12.1 Å². The third kappa shape index (κ3) is 4.81. The van der Waals surface area contributed by atoms with E-state index in [1.165, 1.54) is 12.1 Å². The van der Waals surface area contributed by atoms with Gasteiger partial charge in [-0.15, -0.1) is 0 Å². The molecule has 120 valence electrons. The zero-order chi connectivity index (χ0) is 16.8. The van der Waals surface area contributed by atoms with Crippen LogP contribution in [-0.4, -0.2) is 17.0 Å². The van der Waals surface area contributed by atoms with Gasteiger partial charge in [-0.2, -0.15) is 0 Å². The van der Waals surface area contributed by atoms with Crippen molar-refractivity contribution in [3.8, 4) is 5.75 Å². The number of carbonyl (C=O) groups is 1. The van der Waals surface area contributed by atoms with E-state index in [0.29, 0.717) is 16.9 Å². The van der Waals surface area contributed by atoms with Gasteiger partial charge in [-0.05, 0) is 55.8 Å². The summed E-state index contributed by atoms with van der Waals surface area (Å²) in [7, 11) is 0. The molecule has 0 aliphatic rings. The van der Waals surface area contributed by atoms with Crippen molar-refractivity contribution in [2.24, 2.45) is 0 Å². The van der Waals surface area contributed by atoms with Gasteiger partial charge in [0.05, 0.1) is 16.6 Å². The van der Waals surface area contributed by atoms with E-state index < -0.39 is 10.9 Å². The first kappa shape index (κ1) is 16.5. The van der Waals surface area contributed by atoms with Gasteiger partial charge in [-0.3, -0.25) is 10.1 Å². The average molecular weight is 315 g/mol. The zero-order valence-electron chi connectivity index (χ0n) is 12.9. The Morgan fingerprint density at radius 3 is 2.22 bits per heavy atom. The molecule has 23 heavy (non-hydrogen) atoms. The SMILES string of the molecule is CC(C)Oc1ccc(C(=O)OCc2ccc([N+](=O)[O-])cc2)cc1. The number of non-ortho nitro benzene ring substituents is 1. The highest BCUT2D eigenvalue weighted by Gasteiger charge is 2.09. The fourth-order valence-electron chi connectivity index (χ4n) is 1.89. The molecule has 0 saturated heterocycles. The maximum absolute atomic E-state index is 12.0. The van der Waals surface area contributed by atoms with Crippen LogP contribution < -0.4 is 4.74 Å². The van der Waals surface area contributed by atoms with Gasteiger partial charge in [0.1, 0.15) is 12.4 Å². The first-order chi connectivity index (χ1) is 11.0. The Balaban J connectivity index is 1.92. The van der Waals surface area contributed by atoms with E-state index in [9.17, 15) is 14.9 Å². The topological polar surface area (TPSA) is 78.7 Å². The fourth-order valence-corrected chi connectivity index (χ4v) is 1.89. The van der Waals surface area contributed by atoms with E-state index in [1.807, 2.05) is 13.8 Å². The number of hydrogen-bond acceptors (Lipinski definition) is 5. The molecule has 0 heterocycles. The van der Waals surface area contributed by atoms with Gasteiger partial charge < -0.3 is 9.47 Å². The summed E-state index contributed by atoms with van der Waals surface area (Å²) >= 11 is 0. The largest absolute Gasteiger partial charge is 0.491 e. The molecule has 0 fully saturated rings. The lowest BCUT2D eigenvalue weighted by molar-refractivity contribution is -0.384. The highest BCUT2D eigenvalue weighted by molar-refractivity contribution is 5.89. The Morgan fingerprint density at radius 1 is 1.09 bits per heavy atom. The lowest BCUT2D eigenvalue weighted by Crippen LogP contribution is -2.07. The second-order valence-electron chi connectivity index (χ2n) is 5.19. The van der Waals surface area contributed by atoms with Crippen molar-refractivity contribution in [2.45, 2.75) is 26.6 Å². The van der Waals surface area contributed by atoms with Crippen LogP contribution in [0.25, 0.3) is 0 Å². The molecule has 2 aromatic rings. The Kier molecular flexibility index (Phi) is 5.30. The standard InChI is InChI=1S/C17H17NO5/c1-12(2)23-16-9-5-14(6-10-16)17(19)22-11-13-3-7-15(8-4-13)18(20)21/h3-10,12H,11H2,1-2H3. The number of benzene rings is 2. The quantitative estimate of drug-likeness (QED) is 0.461. The molecule has 0 spiro atoms. The van der Waals surface area contributed by atoms with E-state index in [1.54, 1.807) is 36.4 Å². The molecule has 0 amide bonds. The molecule has 0 aliphatic carbocycles. The van der Waals surface area contributed by atoms with Gasteiger partial charge in [-0.1, -0.05) is 0 Å². The van der Waals surface area contributed by atoms with Crippen LogP contribution >= 0.6 is 0 Å². The molecule has 0 radical (unpaired) electrons. The molecule has 0 aromatic heterocycles. The molecule has 0 atom stereocenters. The van der Waals surface area contributed by atoms with Crippen LogP contribution in [0.1, 0.15) is 29.8 Å². The minimum Gasteiger partial charge on any atom is -0.491 e. The smallest absolute Gasteiger partial charge is 0.338 e. The molecule has 6 heteroatoms. The lowest BCUT2D eigenvalue weighted by Gasteiger charge is -2.10. The maximum Gasteiger partial charge on any atom is 0.338 e. The summed E-state index contributed by atoms with van der Waals surface area (Å²) in [5.74, 6) is 0.228. The average Bonchev–Trinajstić information content (AvgIpc) is 2.53. The Labute approximate surface area is 133 Å². The normalized spacial score (nSPS) is 10.4. The predicted octanol–water partition coefficient (Wildman–Crippen LogP) is 3.74. The molecular weight excluding hydrogens is 298 g/mol. The van der Waals surface area contributed by atoms with Crippen LogP contribution in [0.3, 0.4) is 0 Å². The van der Waals surface area contributed by atoms with Crippen LogP contribution in [-0.2, 0) is 11.3 Å². The molecular formula is C17H17NO5. The van der Waals surface area contributed by atoms with E-state index in [-0.39, 0.29) is 18.4 Å². The first-order valence-electron chi connectivity index (χ1n) is 7.13. The van der Waals surface area contributed by atoms with Crippen molar-refractivity contribution in [1.29, 1.82) is 0 Å². The summed E-state index contributed by atoms with van der Waals surface area (Å²) in [5, 5.41) is 10.6. The van der Waals surface area contributed by atoms with Crippen molar-refractivity contribution in [3.63, 3.8) is 0 Å². The Hall–Kier alpha value is -2.89. The number of hydrogen-bond donors (Lipinski definition) is 0. The van der Waals surface area contributed by atoms with Crippen molar-refractivity contribution in [3.05, 3.63) is 69.8 Å². The van der Waals surface area contributed by atoms with Gasteiger partial charge >= 0.3 is 5.97 Å². The van der Waals surface area contributed by atoms with Gasteiger partial charge in [0.2, 0.25) is 0 Å². The van der Waals surface area contributed by atoms with Crippen molar-refractivity contribution in [2.75, 3.05) is 0 Å². The number of rotatable bonds is 6. The molecule has 2 aromatic carbocycles. The Bertz CT molecular complexity index is 677. The van der Waals surface area contributed by atoms with Crippen LogP contribution in [0, 0.1) is 10.1 Å². The minimum absolute atomic E-state index is 0.000757. The number of esters is 1. The van der Waals surface area contributed by atoms with Gasteiger partial charge in [0.15, 0.2) is 0 Å². The monoisotopic (exact) mass is 315 g/mol. The first-order valence-corrected chi connectivity index (χ1v) is 7.13. The van der Waals surface area contributed by atoms with Gasteiger partial charge in [-0.25, -0.2) is 4.79 Å². The van der Waals surface area contributed by atoms with Crippen molar-refractivity contribution >= 4 is 11.7 Å². The highest BCUT2D eigenvalue weighted by atomic mass is 16.6. The molecule has 0 saturated carbocycles. The summed E-state index contributed by atoms with van der Waals surface area (Å²) in [6.45, 7) is 3.90. The van der Waals surface area contributed by atoms with E-state index in [2.05, 4.69) is 0 Å². The summed E-state index contributed by atoms with van der Waals surface area (Å²) in [6.07, 6.45) is 0.0648. The van der Waals surface area contributed by atoms with Crippen LogP contribution in [0.4, 0.5) is 5.69 Å². The maximum atomic E-state index is 12.0. The molecule has 6 nitrogen and oxygen atoms in total. The summed E-state index contributed by atoms with van der Waals surface area (Å²) in [4.78, 5) is 22.0. The van der Waals surface area contributed by atoms with E-state index in [4.69, 9.17) is 9.47 Å². The second kappa shape index (κ2) is 7.40. The molecule has 0 aliphatic heterocycles. The van der Waals surface area contributed by atoms with Crippen LogP contribution in [0.2, 0.25) is 0 Å². The molecule has 0 bridgehead atoms. The van der Waals surface area contributed by atoms with E-state index >= 15 is 0 Å². The number of nitro benzene ring substituents is 1. The van der Waals surface area contributed by atoms with Crippen LogP contribution in [0.15, 0.2) is 48.5 Å².